The van der Waals surface area contributed by atoms with Crippen molar-refractivity contribution in [3.63, 3.8) is 0 Å². The fraction of sp³-hybridized carbons (Fsp3) is 0.455. The zero-order chi connectivity index (χ0) is 12.6. The molecule has 1 N–H and O–H groups in total. The molecule has 0 unspecified atom stereocenters. The van der Waals surface area contributed by atoms with E-state index in [2.05, 4.69) is 25.4 Å². The summed E-state index contributed by atoms with van der Waals surface area (Å²) in [7, 11) is 1.85. The largest absolute Gasteiger partial charge is 0.373 e. The summed E-state index contributed by atoms with van der Waals surface area (Å²) >= 11 is 0. The standard InChI is InChI=1S/C11H16N6/c1-6-10(12-5)14-7(2)15-11(6)17-9(4)13-8(3)16-17/h1-5H3,(H,12,14,15). The van der Waals surface area contributed by atoms with E-state index in [-0.39, 0.29) is 0 Å². The smallest absolute Gasteiger partial charge is 0.164 e. The molecule has 6 heteroatoms. The van der Waals surface area contributed by atoms with Gasteiger partial charge in [0.1, 0.15) is 23.3 Å². The third kappa shape index (κ3) is 1.98. The molecule has 0 aliphatic heterocycles. The lowest BCUT2D eigenvalue weighted by molar-refractivity contribution is 0.783. The minimum Gasteiger partial charge on any atom is -0.373 e. The number of rotatable bonds is 2. The Morgan fingerprint density at radius 2 is 1.65 bits per heavy atom. The first-order chi connectivity index (χ1) is 8.02. The van der Waals surface area contributed by atoms with E-state index in [1.807, 2.05) is 34.7 Å². The predicted molar refractivity (Wildman–Crippen MR) is 65.4 cm³/mol. The second-order valence-electron chi connectivity index (χ2n) is 3.94. The van der Waals surface area contributed by atoms with Crippen LogP contribution in [0.5, 0.6) is 0 Å². The fourth-order valence-electron chi connectivity index (χ4n) is 1.78. The molecule has 2 heterocycles. The van der Waals surface area contributed by atoms with E-state index in [1.165, 1.54) is 0 Å². The Kier molecular flexibility index (Phi) is 2.79. The molecule has 0 aliphatic carbocycles. The molecule has 17 heavy (non-hydrogen) atoms. The SMILES string of the molecule is CNc1nc(C)nc(-n2nc(C)nc2C)c1C. The number of hydrogen-bond donors (Lipinski definition) is 1. The molecule has 0 bridgehead atoms. The van der Waals surface area contributed by atoms with Gasteiger partial charge in [0.05, 0.1) is 0 Å². The van der Waals surface area contributed by atoms with Crippen LogP contribution in [0.4, 0.5) is 5.82 Å². The van der Waals surface area contributed by atoms with Gasteiger partial charge in [0.2, 0.25) is 0 Å². The zero-order valence-electron chi connectivity index (χ0n) is 10.7. The lowest BCUT2D eigenvalue weighted by Gasteiger charge is -2.11. The summed E-state index contributed by atoms with van der Waals surface area (Å²) in [6, 6.07) is 0. The molecule has 90 valence electrons. The number of nitrogens with zero attached hydrogens (tertiary/aromatic N) is 5. The van der Waals surface area contributed by atoms with Gasteiger partial charge < -0.3 is 5.32 Å². The summed E-state index contributed by atoms with van der Waals surface area (Å²) in [4.78, 5) is 13.0. The summed E-state index contributed by atoms with van der Waals surface area (Å²) in [5.41, 5.74) is 0.964. The van der Waals surface area contributed by atoms with Crippen LogP contribution in [0.15, 0.2) is 0 Å². The predicted octanol–water partition coefficient (Wildman–Crippen LogP) is 1.33. The van der Waals surface area contributed by atoms with Crippen LogP contribution >= 0.6 is 0 Å². The van der Waals surface area contributed by atoms with Crippen LogP contribution in [-0.2, 0) is 0 Å². The minimum atomic E-state index is 0.711. The van der Waals surface area contributed by atoms with Gasteiger partial charge in [0.25, 0.3) is 0 Å². The number of anilines is 1. The molecule has 0 aliphatic rings. The highest BCUT2D eigenvalue weighted by molar-refractivity contribution is 5.51. The quantitative estimate of drug-likeness (QED) is 0.846. The molecule has 2 rings (SSSR count). The highest BCUT2D eigenvalue weighted by Gasteiger charge is 2.13. The Morgan fingerprint density at radius 1 is 0.941 bits per heavy atom. The van der Waals surface area contributed by atoms with E-state index in [4.69, 9.17) is 0 Å². The van der Waals surface area contributed by atoms with Gasteiger partial charge >= 0.3 is 0 Å². The van der Waals surface area contributed by atoms with Crippen LogP contribution in [0.3, 0.4) is 0 Å². The topological polar surface area (TPSA) is 68.5 Å². The summed E-state index contributed by atoms with van der Waals surface area (Å²) in [6.07, 6.45) is 0. The third-order valence-electron chi connectivity index (χ3n) is 2.54. The van der Waals surface area contributed by atoms with Crippen molar-refractivity contribution in [1.29, 1.82) is 0 Å². The van der Waals surface area contributed by atoms with Gasteiger partial charge in [-0.1, -0.05) is 0 Å². The first-order valence-electron chi connectivity index (χ1n) is 5.46. The molecule has 0 radical (unpaired) electrons. The average Bonchev–Trinajstić information content (AvgIpc) is 2.60. The molecule has 0 aromatic carbocycles. The summed E-state index contributed by atoms with van der Waals surface area (Å²) < 4.78 is 1.75. The van der Waals surface area contributed by atoms with Crippen LogP contribution in [-0.4, -0.2) is 31.8 Å². The number of nitrogens with one attached hydrogen (secondary N) is 1. The van der Waals surface area contributed by atoms with E-state index >= 15 is 0 Å². The average molecular weight is 232 g/mol. The number of aryl methyl sites for hydroxylation is 3. The van der Waals surface area contributed by atoms with Gasteiger partial charge in [-0.05, 0) is 27.7 Å². The van der Waals surface area contributed by atoms with Gasteiger partial charge in [-0.2, -0.15) is 4.68 Å². The van der Waals surface area contributed by atoms with Crippen LogP contribution in [0.2, 0.25) is 0 Å². The third-order valence-corrected chi connectivity index (χ3v) is 2.54. The van der Waals surface area contributed by atoms with Crippen molar-refractivity contribution < 1.29 is 0 Å². The Bertz CT molecular complexity index is 557. The van der Waals surface area contributed by atoms with Crippen molar-refractivity contribution in [3.05, 3.63) is 23.0 Å². The molecule has 0 saturated heterocycles. The monoisotopic (exact) mass is 232 g/mol. The van der Waals surface area contributed by atoms with Crippen LogP contribution < -0.4 is 5.32 Å². The van der Waals surface area contributed by atoms with E-state index < -0.39 is 0 Å². The zero-order valence-corrected chi connectivity index (χ0v) is 10.7. The van der Waals surface area contributed by atoms with Crippen molar-refractivity contribution in [3.8, 4) is 5.82 Å². The van der Waals surface area contributed by atoms with E-state index in [1.54, 1.807) is 4.68 Å². The maximum atomic E-state index is 4.44. The molecule has 0 amide bonds. The lowest BCUT2D eigenvalue weighted by atomic mass is 10.3. The van der Waals surface area contributed by atoms with E-state index in [9.17, 15) is 0 Å². The molecule has 0 saturated carbocycles. The van der Waals surface area contributed by atoms with Crippen molar-refractivity contribution in [1.82, 2.24) is 24.7 Å². The van der Waals surface area contributed by atoms with E-state index in [0.29, 0.717) is 5.82 Å². The maximum Gasteiger partial charge on any atom is 0.164 e. The fourth-order valence-corrected chi connectivity index (χ4v) is 1.78. The molecule has 2 aromatic heterocycles. The van der Waals surface area contributed by atoms with Crippen LogP contribution in [0.1, 0.15) is 23.0 Å². The summed E-state index contributed by atoms with van der Waals surface area (Å²) in [6.45, 7) is 7.61. The first kappa shape index (κ1) is 11.5. The molecular formula is C11H16N6. The van der Waals surface area contributed by atoms with Crippen molar-refractivity contribution >= 4 is 5.82 Å². The Labute approximate surface area is 100 Å². The van der Waals surface area contributed by atoms with E-state index in [0.717, 1.165) is 28.8 Å². The normalized spacial score (nSPS) is 10.6. The van der Waals surface area contributed by atoms with Gasteiger partial charge in [-0.15, -0.1) is 5.10 Å². The number of aromatic nitrogens is 5. The molecular weight excluding hydrogens is 216 g/mol. The Morgan fingerprint density at radius 3 is 2.18 bits per heavy atom. The summed E-state index contributed by atoms with van der Waals surface area (Å²) in [5, 5.41) is 7.41. The second kappa shape index (κ2) is 4.12. The molecule has 6 nitrogen and oxygen atoms in total. The van der Waals surface area contributed by atoms with Gasteiger partial charge in [0.15, 0.2) is 5.82 Å². The van der Waals surface area contributed by atoms with Crippen molar-refractivity contribution in [2.24, 2.45) is 0 Å². The molecule has 0 fully saturated rings. The van der Waals surface area contributed by atoms with Crippen molar-refractivity contribution in [2.75, 3.05) is 12.4 Å². The van der Waals surface area contributed by atoms with Gasteiger partial charge in [-0.3, -0.25) is 0 Å². The Hall–Kier alpha value is -1.98. The summed E-state index contributed by atoms with van der Waals surface area (Å²) in [5.74, 6) is 3.87. The van der Waals surface area contributed by atoms with Gasteiger partial charge in [-0.25, -0.2) is 15.0 Å². The maximum absolute atomic E-state index is 4.44. The van der Waals surface area contributed by atoms with Gasteiger partial charge in [0, 0.05) is 12.6 Å². The highest BCUT2D eigenvalue weighted by Crippen LogP contribution is 2.18. The van der Waals surface area contributed by atoms with Crippen LogP contribution in [0.25, 0.3) is 5.82 Å². The molecule has 0 atom stereocenters. The molecule has 2 aromatic rings. The highest BCUT2D eigenvalue weighted by atomic mass is 15.4. The Balaban J connectivity index is 2.66. The molecule has 0 spiro atoms. The minimum absolute atomic E-state index is 0.711. The van der Waals surface area contributed by atoms with Crippen molar-refractivity contribution in [2.45, 2.75) is 27.7 Å². The first-order valence-corrected chi connectivity index (χ1v) is 5.46. The second-order valence-corrected chi connectivity index (χ2v) is 3.94. The number of hydrogen-bond acceptors (Lipinski definition) is 5. The van der Waals surface area contributed by atoms with Crippen LogP contribution in [0, 0.1) is 27.7 Å². The lowest BCUT2D eigenvalue weighted by Crippen LogP contribution is -2.10.